The van der Waals surface area contributed by atoms with Gasteiger partial charge in [0.1, 0.15) is 0 Å². The number of carbonyl (C=O) groups excluding carboxylic acids is 2. The largest absolute Gasteiger partial charge is 0.478 e. The van der Waals surface area contributed by atoms with Gasteiger partial charge in [-0.15, -0.1) is 0 Å². The van der Waals surface area contributed by atoms with Gasteiger partial charge in [-0.1, -0.05) is 0 Å². The number of amides is 3. The van der Waals surface area contributed by atoms with Gasteiger partial charge >= 0.3 is 12.0 Å². The highest BCUT2D eigenvalue weighted by molar-refractivity contribution is 6.02. The maximum Gasteiger partial charge on any atom is 0.328 e. The van der Waals surface area contributed by atoms with Crippen molar-refractivity contribution in [2.45, 2.75) is 18.9 Å². The second-order valence-electron chi connectivity index (χ2n) is 4.64. The number of piperidine rings is 1. The average molecular weight is 269 g/mol. The number of urea groups is 1. The smallest absolute Gasteiger partial charge is 0.328 e. The van der Waals surface area contributed by atoms with E-state index in [1.807, 2.05) is 7.05 Å². The van der Waals surface area contributed by atoms with Crippen LogP contribution in [0.5, 0.6) is 0 Å². The topological polar surface area (TPSA) is 90.0 Å². The van der Waals surface area contributed by atoms with Crippen LogP contribution in [0.4, 0.5) is 4.79 Å². The molecule has 0 aromatic heterocycles. The summed E-state index contributed by atoms with van der Waals surface area (Å²) in [6.07, 6.45) is 3.41. The van der Waals surface area contributed by atoms with Gasteiger partial charge < -0.3 is 14.9 Å². The van der Waals surface area contributed by atoms with E-state index in [9.17, 15) is 14.4 Å². The lowest BCUT2D eigenvalue weighted by molar-refractivity contribution is -0.131. The summed E-state index contributed by atoms with van der Waals surface area (Å²) >= 11 is 0. The summed E-state index contributed by atoms with van der Waals surface area (Å²) in [4.78, 5) is 36.9. The van der Waals surface area contributed by atoms with Crippen LogP contribution in [0.15, 0.2) is 12.2 Å². The van der Waals surface area contributed by atoms with Crippen LogP contribution in [0.1, 0.15) is 12.8 Å². The van der Waals surface area contributed by atoms with E-state index >= 15 is 0 Å². The fourth-order valence-corrected chi connectivity index (χ4v) is 2.00. The van der Waals surface area contributed by atoms with E-state index in [2.05, 4.69) is 10.2 Å². The Morgan fingerprint density at radius 2 is 2.05 bits per heavy atom. The molecule has 1 rings (SSSR count). The molecule has 3 amide bonds. The Morgan fingerprint density at radius 1 is 1.37 bits per heavy atom. The molecule has 0 aliphatic carbocycles. The number of nitrogens with zero attached hydrogens (tertiary/aromatic N) is 2. The van der Waals surface area contributed by atoms with Gasteiger partial charge in [-0.05, 0) is 26.4 Å². The van der Waals surface area contributed by atoms with Crippen LogP contribution in [0.2, 0.25) is 0 Å². The van der Waals surface area contributed by atoms with Gasteiger partial charge in [-0.25, -0.2) is 9.59 Å². The van der Waals surface area contributed by atoms with Crippen molar-refractivity contribution in [1.82, 2.24) is 15.1 Å². The number of nitrogens with one attached hydrogen (secondary N) is 1. The summed E-state index contributed by atoms with van der Waals surface area (Å²) in [7, 11) is 3.62. The van der Waals surface area contributed by atoms with E-state index < -0.39 is 17.9 Å². The Labute approximate surface area is 111 Å². The number of aliphatic carboxylic acids is 1. The zero-order valence-corrected chi connectivity index (χ0v) is 11.1. The number of carboxylic acid groups (broad SMARTS) is 1. The van der Waals surface area contributed by atoms with Crippen LogP contribution in [-0.4, -0.2) is 66.0 Å². The average Bonchev–Trinajstić information content (AvgIpc) is 2.35. The van der Waals surface area contributed by atoms with Gasteiger partial charge in [0.2, 0.25) is 0 Å². The summed E-state index contributed by atoms with van der Waals surface area (Å²) in [6.45, 7) is 1.77. The van der Waals surface area contributed by atoms with Crippen LogP contribution >= 0.6 is 0 Å². The molecule has 0 aromatic carbocycles. The molecule has 0 aromatic rings. The van der Waals surface area contributed by atoms with Crippen molar-refractivity contribution in [1.29, 1.82) is 0 Å². The van der Waals surface area contributed by atoms with Crippen LogP contribution in [-0.2, 0) is 9.59 Å². The monoisotopic (exact) mass is 269 g/mol. The molecule has 1 aliphatic heterocycles. The molecule has 0 saturated carbocycles. The minimum atomic E-state index is -1.23. The molecule has 106 valence electrons. The molecule has 1 saturated heterocycles. The van der Waals surface area contributed by atoms with Gasteiger partial charge in [0, 0.05) is 31.8 Å². The number of carboxylic acids is 1. The van der Waals surface area contributed by atoms with Gasteiger partial charge in [-0.2, -0.15) is 0 Å². The third kappa shape index (κ3) is 5.09. The minimum Gasteiger partial charge on any atom is -0.478 e. The molecule has 1 atom stereocenters. The van der Waals surface area contributed by atoms with Gasteiger partial charge in [-0.3, -0.25) is 10.1 Å². The number of hydrogen-bond donors (Lipinski definition) is 2. The number of rotatable bonds is 3. The first-order valence-corrected chi connectivity index (χ1v) is 6.07. The summed E-state index contributed by atoms with van der Waals surface area (Å²) in [5.74, 6) is -1.96. The van der Waals surface area contributed by atoms with E-state index in [1.54, 1.807) is 7.05 Å². The normalized spacial score (nSPS) is 20.2. The number of hydrogen-bond acceptors (Lipinski definition) is 4. The molecule has 1 aliphatic rings. The molecule has 7 nitrogen and oxygen atoms in total. The Balaban J connectivity index is 2.48. The molecule has 1 unspecified atom stereocenters. The molecule has 19 heavy (non-hydrogen) atoms. The third-order valence-electron chi connectivity index (χ3n) is 3.08. The van der Waals surface area contributed by atoms with Gasteiger partial charge in [0.15, 0.2) is 0 Å². The maximum atomic E-state index is 11.8. The number of imide groups is 1. The molecular weight excluding hydrogens is 250 g/mol. The summed E-state index contributed by atoms with van der Waals surface area (Å²) in [6, 6.07) is -0.449. The van der Waals surface area contributed by atoms with Crippen LogP contribution in [0.25, 0.3) is 0 Å². The molecule has 0 spiro atoms. The first-order valence-electron chi connectivity index (χ1n) is 6.07. The van der Waals surface area contributed by atoms with Crippen molar-refractivity contribution in [2.75, 3.05) is 27.2 Å². The summed E-state index contributed by atoms with van der Waals surface area (Å²) in [5.41, 5.74) is 0. The molecule has 7 heteroatoms. The predicted octanol–water partition coefficient (Wildman–Crippen LogP) is -0.111. The highest BCUT2D eigenvalue weighted by atomic mass is 16.4. The van der Waals surface area contributed by atoms with Crippen molar-refractivity contribution in [3.8, 4) is 0 Å². The standard InChI is InChI=1S/C12H19N3O4/c1-14-7-3-4-9(8-14)15(2)12(19)13-10(16)5-6-11(17)18/h5-6,9H,3-4,7-8H2,1-2H3,(H,17,18)(H,13,16,19). The third-order valence-corrected chi connectivity index (χ3v) is 3.08. The Kier molecular flexibility index (Phi) is 5.50. The van der Waals surface area contributed by atoms with Crippen molar-refractivity contribution < 1.29 is 19.5 Å². The molecular formula is C12H19N3O4. The minimum absolute atomic E-state index is 0.0648. The second kappa shape index (κ2) is 6.89. The Bertz CT molecular complexity index is 394. The summed E-state index contributed by atoms with van der Waals surface area (Å²) < 4.78 is 0. The van der Waals surface area contributed by atoms with Crippen molar-refractivity contribution in [2.24, 2.45) is 0 Å². The second-order valence-corrected chi connectivity index (χ2v) is 4.64. The first-order chi connectivity index (χ1) is 8.90. The number of likely N-dealkylation sites (N-methyl/N-ethyl adjacent to an activating group) is 2. The highest BCUT2D eigenvalue weighted by Gasteiger charge is 2.24. The van der Waals surface area contributed by atoms with Crippen molar-refractivity contribution in [3.05, 3.63) is 12.2 Å². The number of likely N-dealkylation sites (tertiary alicyclic amines) is 1. The zero-order chi connectivity index (χ0) is 14.4. The van der Waals surface area contributed by atoms with Crippen LogP contribution < -0.4 is 5.32 Å². The predicted molar refractivity (Wildman–Crippen MR) is 68.6 cm³/mol. The quantitative estimate of drug-likeness (QED) is 0.698. The molecule has 2 N–H and O–H groups in total. The lowest BCUT2D eigenvalue weighted by atomic mass is 10.1. The number of carbonyl (C=O) groups is 3. The SMILES string of the molecule is CN1CCCC(N(C)C(=O)NC(=O)C=CC(=O)O)C1. The highest BCUT2D eigenvalue weighted by Crippen LogP contribution is 2.13. The molecule has 1 fully saturated rings. The Morgan fingerprint density at radius 3 is 2.63 bits per heavy atom. The maximum absolute atomic E-state index is 11.8. The van der Waals surface area contributed by atoms with E-state index in [4.69, 9.17) is 5.11 Å². The van der Waals surface area contributed by atoms with Crippen molar-refractivity contribution >= 4 is 17.9 Å². The van der Waals surface area contributed by atoms with Gasteiger partial charge in [0.05, 0.1) is 0 Å². The van der Waals surface area contributed by atoms with E-state index in [1.165, 1.54) is 4.90 Å². The molecule has 1 heterocycles. The molecule has 0 bridgehead atoms. The van der Waals surface area contributed by atoms with E-state index in [0.29, 0.717) is 6.08 Å². The Hall–Kier alpha value is -1.89. The lowest BCUT2D eigenvalue weighted by Gasteiger charge is -2.35. The van der Waals surface area contributed by atoms with Gasteiger partial charge in [0.25, 0.3) is 5.91 Å². The zero-order valence-electron chi connectivity index (χ0n) is 11.1. The van der Waals surface area contributed by atoms with E-state index in [-0.39, 0.29) is 6.04 Å². The fourth-order valence-electron chi connectivity index (χ4n) is 2.00. The summed E-state index contributed by atoms with van der Waals surface area (Å²) in [5, 5.41) is 10.5. The van der Waals surface area contributed by atoms with E-state index in [0.717, 1.165) is 32.0 Å². The van der Waals surface area contributed by atoms with Crippen LogP contribution in [0, 0.1) is 0 Å². The van der Waals surface area contributed by atoms with Crippen molar-refractivity contribution in [3.63, 3.8) is 0 Å². The first kappa shape index (κ1) is 15.2. The lowest BCUT2D eigenvalue weighted by Crippen LogP contribution is -2.51. The molecule has 0 radical (unpaired) electrons. The fraction of sp³-hybridized carbons (Fsp3) is 0.583. The van der Waals surface area contributed by atoms with Crippen LogP contribution in [0.3, 0.4) is 0 Å².